The van der Waals surface area contributed by atoms with Crippen LogP contribution in [0.3, 0.4) is 0 Å². The molecular weight excluding hydrogens is 482 g/mol. The molecule has 0 spiro atoms. The average Bonchev–Trinajstić information content (AvgIpc) is 3.19. The van der Waals surface area contributed by atoms with Gasteiger partial charge >= 0.3 is 0 Å². The summed E-state index contributed by atoms with van der Waals surface area (Å²) in [5.74, 6) is -1.62. The minimum absolute atomic E-state index is 0.00347. The van der Waals surface area contributed by atoms with Gasteiger partial charge in [0.2, 0.25) is 5.91 Å². The van der Waals surface area contributed by atoms with Crippen LogP contribution in [0.4, 0.5) is 5.69 Å². The van der Waals surface area contributed by atoms with Crippen molar-refractivity contribution in [2.24, 2.45) is 16.5 Å². The number of nitrogens with two attached hydrogens (primary N) is 2. The van der Waals surface area contributed by atoms with E-state index in [-0.39, 0.29) is 45.0 Å². The van der Waals surface area contributed by atoms with E-state index in [1.54, 1.807) is 6.92 Å². The number of ether oxygens (including phenoxy) is 1. The third-order valence-electron chi connectivity index (χ3n) is 5.57. The fourth-order valence-corrected chi connectivity index (χ4v) is 5.93. The molecule has 2 amide bonds. The van der Waals surface area contributed by atoms with E-state index >= 15 is 0 Å². The van der Waals surface area contributed by atoms with E-state index < -0.39 is 27.5 Å². The van der Waals surface area contributed by atoms with Crippen LogP contribution < -0.4 is 21.5 Å². The lowest BCUT2D eigenvalue weighted by atomic mass is 10.1. The van der Waals surface area contributed by atoms with Crippen LogP contribution in [-0.4, -0.2) is 50.7 Å². The number of amides is 2. The summed E-state index contributed by atoms with van der Waals surface area (Å²) in [5.41, 5.74) is 11.6. The molecule has 0 saturated carbocycles. The fraction of sp³-hybridized carbons (Fsp3) is 0.318. The van der Waals surface area contributed by atoms with Gasteiger partial charge in [0.15, 0.2) is 15.8 Å². The molecular formula is C22H24ClN5O5S. The van der Waals surface area contributed by atoms with E-state index in [1.165, 1.54) is 24.3 Å². The largest absolute Gasteiger partial charge is 0.454 e. The van der Waals surface area contributed by atoms with E-state index in [0.717, 1.165) is 25.9 Å². The lowest BCUT2D eigenvalue weighted by Gasteiger charge is -2.16. The predicted molar refractivity (Wildman–Crippen MR) is 128 cm³/mol. The fourth-order valence-electron chi connectivity index (χ4n) is 4.08. The number of nitrogens with zero attached hydrogens (tertiary/aromatic N) is 2. The average molecular weight is 506 g/mol. The summed E-state index contributed by atoms with van der Waals surface area (Å²) in [6.07, 6.45) is 2.12. The number of guanidine groups is 1. The Morgan fingerprint density at radius 2 is 1.85 bits per heavy atom. The summed E-state index contributed by atoms with van der Waals surface area (Å²) in [4.78, 5) is 30.1. The molecule has 180 valence electrons. The third-order valence-corrected chi connectivity index (χ3v) is 7.52. The molecule has 0 bridgehead atoms. The Morgan fingerprint density at radius 3 is 2.53 bits per heavy atom. The minimum Gasteiger partial charge on any atom is -0.454 e. The van der Waals surface area contributed by atoms with Crippen molar-refractivity contribution in [2.45, 2.75) is 30.4 Å². The number of sulfone groups is 1. The second-order valence-electron chi connectivity index (χ2n) is 8.30. The first-order valence-corrected chi connectivity index (χ1v) is 12.6. The van der Waals surface area contributed by atoms with Gasteiger partial charge in [-0.25, -0.2) is 8.42 Å². The Labute approximate surface area is 201 Å². The number of likely N-dealkylation sites (tertiary alicyclic amines) is 1. The number of fused-ring (bicyclic) bond motifs is 2. The topological polar surface area (TPSA) is 157 Å². The molecule has 2 aliphatic rings. The summed E-state index contributed by atoms with van der Waals surface area (Å²) in [6.45, 7) is 3.60. The number of hydrogen-bond donors (Lipinski definition) is 3. The Kier molecular flexibility index (Phi) is 6.52. The van der Waals surface area contributed by atoms with Crippen LogP contribution in [0.25, 0.3) is 0 Å². The molecule has 34 heavy (non-hydrogen) atoms. The van der Waals surface area contributed by atoms with Gasteiger partial charge in [-0.1, -0.05) is 11.6 Å². The van der Waals surface area contributed by atoms with Gasteiger partial charge in [0.1, 0.15) is 16.4 Å². The molecule has 2 heterocycles. The number of aliphatic imine (C=N–C) groups is 1. The van der Waals surface area contributed by atoms with Crippen LogP contribution >= 0.6 is 11.6 Å². The number of hydrogen-bond acceptors (Lipinski definition) is 6. The maximum absolute atomic E-state index is 13.3. The number of benzene rings is 2. The molecule has 2 aromatic carbocycles. The molecule has 10 nitrogen and oxygen atoms in total. The highest BCUT2D eigenvalue weighted by molar-refractivity contribution is 7.90. The maximum Gasteiger partial charge on any atom is 0.280 e. The molecule has 5 N–H and O–H groups in total. The van der Waals surface area contributed by atoms with Crippen molar-refractivity contribution in [1.29, 1.82) is 0 Å². The van der Waals surface area contributed by atoms with Gasteiger partial charge in [-0.15, -0.1) is 0 Å². The van der Waals surface area contributed by atoms with Crippen molar-refractivity contribution < 1.29 is 22.7 Å². The van der Waals surface area contributed by atoms with Crippen molar-refractivity contribution in [3.8, 4) is 11.5 Å². The standard InChI is InChI=1S/C22H24ClN5O5S/c1-12-6-13(21(30)27-22(24)25)8-17-19(12)33-20-14(11-34(17,31)32)7-15(9-16(20)23)26-18(29)10-28-4-2-3-5-28/h6-9H,2-5,10-11H2,1H3,(H,26,29)(H4,24,25,27,30). The number of carbonyl (C=O) groups is 2. The summed E-state index contributed by atoms with van der Waals surface area (Å²) < 4.78 is 32.5. The minimum atomic E-state index is -3.95. The molecule has 0 aliphatic carbocycles. The first-order valence-electron chi connectivity index (χ1n) is 10.6. The molecule has 4 rings (SSSR count). The Bertz CT molecular complexity index is 1320. The molecule has 1 saturated heterocycles. The number of carbonyl (C=O) groups excluding carboxylic acids is 2. The maximum atomic E-state index is 13.3. The van der Waals surface area contributed by atoms with E-state index in [2.05, 4.69) is 15.2 Å². The van der Waals surface area contributed by atoms with Crippen LogP contribution in [0.1, 0.15) is 34.3 Å². The van der Waals surface area contributed by atoms with Crippen LogP contribution in [-0.2, 0) is 20.4 Å². The summed E-state index contributed by atoms with van der Waals surface area (Å²) in [6, 6.07) is 5.68. The number of halogens is 1. The zero-order valence-electron chi connectivity index (χ0n) is 18.4. The van der Waals surface area contributed by atoms with E-state index in [0.29, 0.717) is 11.3 Å². The Morgan fingerprint density at radius 1 is 1.15 bits per heavy atom. The van der Waals surface area contributed by atoms with E-state index in [9.17, 15) is 18.0 Å². The lowest BCUT2D eigenvalue weighted by molar-refractivity contribution is -0.117. The molecule has 0 aromatic heterocycles. The van der Waals surface area contributed by atoms with Crippen molar-refractivity contribution in [3.05, 3.63) is 46.0 Å². The molecule has 0 atom stereocenters. The Hall–Kier alpha value is -3.15. The number of nitrogens with one attached hydrogen (secondary N) is 1. The molecule has 0 unspecified atom stereocenters. The SMILES string of the molecule is Cc1cc(C(=O)N=C(N)N)cc2c1Oc1c(Cl)cc(NC(=O)CN3CCCC3)cc1CS2(=O)=O. The summed E-state index contributed by atoms with van der Waals surface area (Å²) in [7, 11) is -3.95. The van der Waals surface area contributed by atoms with Crippen LogP contribution in [0.15, 0.2) is 34.2 Å². The highest BCUT2D eigenvalue weighted by atomic mass is 35.5. The number of aryl methyl sites for hydroxylation is 1. The van der Waals surface area contributed by atoms with Gasteiger partial charge in [0.25, 0.3) is 5.91 Å². The number of anilines is 1. The Balaban J connectivity index is 1.68. The molecule has 2 aromatic rings. The third kappa shape index (κ3) is 5.01. The number of rotatable bonds is 4. The second kappa shape index (κ2) is 9.24. The molecule has 2 aliphatic heterocycles. The smallest absolute Gasteiger partial charge is 0.280 e. The highest BCUT2D eigenvalue weighted by Gasteiger charge is 2.31. The highest BCUT2D eigenvalue weighted by Crippen LogP contribution is 2.44. The summed E-state index contributed by atoms with van der Waals surface area (Å²) >= 11 is 6.44. The zero-order chi connectivity index (χ0) is 24.6. The normalized spacial score (nSPS) is 16.5. The van der Waals surface area contributed by atoms with E-state index in [1.807, 2.05) is 0 Å². The van der Waals surface area contributed by atoms with Crippen LogP contribution in [0.2, 0.25) is 5.02 Å². The van der Waals surface area contributed by atoms with Crippen molar-refractivity contribution in [2.75, 3.05) is 25.0 Å². The molecule has 1 fully saturated rings. The van der Waals surface area contributed by atoms with Crippen molar-refractivity contribution in [3.63, 3.8) is 0 Å². The second-order valence-corrected chi connectivity index (χ2v) is 10.7. The predicted octanol–water partition coefficient (Wildman–Crippen LogP) is 2.18. The first-order chi connectivity index (χ1) is 16.0. The van der Waals surface area contributed by atoms with Gasteiger partial charge in [-0.05, 0) is 62.7 Å². The zero-order valence-corrected chi connectivity index (χ0v) is 20.0. The van der Waals surface area contributed by atoms with Gasteiger partial charge in [0.05, 0.1) is 17.3 Å². The first kappa shape index (κ1) is 24.0. The van der Waals surface area contributed by atoms with Crippen LogP contribution in [0.5, 0.6) is 11.5 Å². The van der Waals surface area contributed by atoms with E-state index in [4.69, 9.17) is 27.8 Å². The van der Waals surface area contributed by atoms with Crippen molar-refractivity contribution >= 4 is 44.9 Å². The lowest BCUT2D eigenvalue weighted by Crippen LogP contribution is -2.30. The monoisotopic (exact) mass is 505 g/mol. The molecule has 0 radical (unpaired) electrons. The van der Waals surface area contributed by atoms with Gasteiger partial charge in [0, 0.05) is 16.8 Å². The molecule has 12 heteroatoms. The summed E-state index contributed by atoms with van der Waals surface area (Å²) in [5, 5.41) is 2.93. The quantitative estimate of drug-likeness (QED) is 0.421. The van der Waals surface area contributed by atoms with Gasteiger partial charge < -0.3 is 21.5 Å². The van der Waals surface area contributed by atoms with Gasteiger partial charge in [-0.3, -0.25) is 14.5 Å². The van der Waals surface area contributed by atoms with Crippen molar-refractivity contribution in [1.82, 2.24) is 4.90 Å². The van der Waals surface area contributed by atoms with Crippen LogP contribution in [0, 0.1) is 6.92 Å². The van der Waals surface area contributed by atoms with Gasteiger partial charge in [-0.2, -0.15) is 4.99 Å².